The van der Waals surface area contributed by atoms with Gasteiger partial charge in [0.15, 0.2) is 11.5 Å². The Morgan fingerprint density at radius 3 is 2.88 bits per heavy atom. The molecule has 90 valence electrons. The van der Waals surface area contributed by atoms with Gasteiger partial charge >= 0.3 is 5.97 Å². The summed E-state index contributed by atoms with van der Waals surface area (Å²) in [5.74, 6) is 1.53. The van der Waals surface area contributed by atoms with Gasteiger partial charge in [-0.2, -0.15) is 0 Å². The number of carbonyl (C=O) groups is 1. The summed E-state index contributed by atoms with van der Waals surface area (Å²) in [5, 5.41) is 0. The number of carbonyl (C=O) groups excluding carboxylic acids is 1. The summed E-state index contributed by atoms with van der Waals surface area (Å²) < 4.78 is 15.7. The highest BCUT2D eigenvalue weighted by Gasteiger charge is 2.26. The molecule has 2 aliphatic rings. The van der Waals surface area contributed by atoms with Gasteiger partial charge in [-0.25, -0.2) is 0 Å². The standard InChI is InChI=1S/C13H14O4/c14-13(10-2-1-3-10)15-7-9-4-5-11-12(6-9)17-8-16-11/h4-6,10H,1-3,7-8H2. The van der Waals surface area contributed by atoms with Crippen molar-refractivity contribution < 1.29 is 19.0 Å². The fraction of sp³-hybridized carbons (Fsp3) is 0.462. The van der Waals surface area contributed by atoms with E-state index >= 15 is 0 Å². The summed E-state index contributed by atoms with van der Waals surface area (Å²) in [5.41, 5.74) is 0.932. The number of rotatable bonds is 3. The summed E-state index contributed by atoms with van der Waals surface area (Å²) >= 11 is 0. The number of fused-ring (bicyclic) bond motifs is 1. The molecule has 0 aromatic heterocycles. The van der Waals surface area contributed by atoms with Crippen LogP contribution in [0.15, 0.2) is 18.2 Å². The highest BCUT2D eigenvalue weighted by atomic mass is 16.7. The molecule has 4 nitrogen and oxygen atoms in total. The van der Waals surface area contributed by atoms with Crippen LogP contribution < -0.4 is 9.47 Å². The number of esters is 1. The minimum atomic E-state index is -0.0751. The van der Waals surface area contributed by atoms with E-state index in [0.29, 0.717) is 6.61 Å². The first-order chi connectivity index (χ1) is 8.33. The van der Waals surface area contributed by atoms with Crippen molar-refractivity contribution in [3.8, 4) is 11.5 Å². The quantitative estimate of drug-likeness (QED) is 0.752. The van der Waals surface area contributed by atoms with E-state index in [1.807, 2.05) is 18.2 Å². The van der Waals surface area contributed by atoms with Crippen LogP contribution in [0.1, 0.15) is 24.8 Å². The van der Waals surface area contributed by atoms with Crippen molar-refractivity contribution in [2.24, 2.45) is 5.92 Å². The smallest absolute Gasteiger partial charge is 0.309 e. The zero-order valence-corrected chi connectivity index (χ0v) is 9.48. The van der Waals surface area contributed by atoms with Gasteiger partial charge in [0, 0.05) is 0 Å². The summed E-state index contributed by atoms with van der Waals surface area (Å²) in [6.07, 6.45) is 3.09. The number of hydrogen-bond donors (Lipinski definition) is 0. The van der Waals surface area contributed by atoms with E-state index in [-0.39, 0.29) is 18.7 Å². The lowest BCUT2D eigenvalue weighted by Gasteiger charge is -2.23. The highest BCUT2D eigenvalue weighted by molar-refractivity contribution is 5.73. The molecule has 0 radical (unpaired) electrons. The Labute approximate surface area is 99.5 Å². The lowest BCUT2D eigenvalue weighted by Crippen LogP contribution is -2.23. The van der Waals surface area contributed by atoms with Crippen molar-refractivity contribution in [1.29, 1.82) is 0 Å². The molecular formula is C13H14O4. The van der Waals surface area contributed by atoms with Crippen molar-refractivity contribution in [2.75, 3.05) is 6.79 Å². The first kappa shape index (κ1) is 10.4. The normalized spacial score (nSPS) is 17.6. The zero-order valence-electron chi connectivity index (χ0n) is 9.48. The van der Waals surface area contributed by atoms with Gasteiger partial charge in [0.2, 0.25) is 6.79 Å². The predicted molar refractivity (Wildman–Crippen MR) is 59.7 cm³/mol. The lowest BCUT2D eigenvalue weighted by molar-refractivity contribution is -0.152. The van der Waals surface area contributed by atoms with Crippen molar-refractivity contribution >= 4 is 5.97 Å². The van der Waals surface area contributed by atoms with Gasteiger partial charge in [-0.3, -0.25) is 4.79 Å². The monoisotopic (exact) mass is 234 g/mol. The lowest BCUT2D eigenvalue weighted by atomic mass is 9.86. The minimum absolute atomic E-state index is 0.0751. The first-order valence-electron chi connectivity index (χ1n) is 5.88. The molecule has 0 N–H and O–H groups in total. The predicted octanol–water partition coefficient (Wildman–Crippen LogP) is 2.26. The largest absolute Gasteiger partial charge is 0.461 e. The van der Waals surface area contributed by atoms with Crippen LogP contribution in [0, 0.1) is 5.92 Å². The van der Waals surface area contributed by atoms with E-state index in [0.717, 1.165) is 36.3 Å². The van der Waals surface area contributed by atoms with E-state index in [2.05, 4.69) is 0 Å². The SMILES string of the molecule is O=C(OCc1ccc2c(c1)OCO2)C1CCC1. The van der Waals surface area contributed by atoms with Crippen LogP contribution in [0.5, 0.6) is 11.5 Å². The van der Waals surface area contributed by atoms with Gasteiger partial charge in [-0.05, 0) is 30.5 Å². The highest BCUT2D eigenvalue weighted by Crippen LogP contribution is 2.33. The van der Waals surface area contributed by atoms with Crippen LogP contribution >= 0.6 is 0 Å². The molecule has 1 aromatic rings. The second-order valence-corrected chi connectivity index (χ2v) is 4.42. The van der Waals surface area contributed by atoms with Gasteiger partial charge in [0.1, 0.15) is 6.61 Å². The van der Waals surface area contributed by atoms with Crippen LogP contribution in [-0.2, 0) is 16.1 Å². The molecule has 0 spiro atoms. The van der Waals surface area contributed by atoms with Crippen molar-refractivity contribution in [1.82, 2.24) is 0 Å². The summed E-state index contributed by atoms with van der Waals surface area (Å²) in [6.45, 7) is 0.576. The van der Waals surface area contributed by atoms with E-state index in [9.17, 15) is 4.79 Å². The van der Waals surface area contributed by atoms with Crippen molar-refractivity contribution in [3.63, 3.8) is 0 Å². The van der Waals surface area contributed by atoms with Crippen LogP contribution in [0.25, 0.3) is 0 Å². The van der Waals surface area contributed by atoms with Crippen LogP contribution in [-0.4, -0.2) is 12.8 Å². The van der Waals surface area contributed by atoms with Crippen molar-refractivity contribution in [2.45, 2.75) is 25.9 Å². The topological polar surface area (TPSA) is 44.8 Å². The molecule has 3 rings (SSSR count). The van der Waals surface area contributed by atoms with E-state index < -0.39 is 0 Å². The van der Waals surface area contributed by atoms with Gasteiger partial charge in [0.05, 0.1) is 5.92 Å². The Balaban J connectivity index is 1.59. The van der Waals surface area contributed by atoms with Crippen molar-refractivity contribution in [3.05, 3.63) is 23.8 Å². The Kier molecular flexibility index (Phi) is 2.63. The molecule has 1 aliphatic carbocycles. The van der Waals surface area contributed by atoms with Gasteiger partial charge < -0.3 is 14.2 Å². The maximum Gasteiger partial charge on any atom is 0.309 e. The molecule has 17 heavy (non-hydrogen) atoms. The van der Waals surface area contributed by atoms with E-state index in [1.165, 1.54) is 0 Å². The molecule has 0 atom stereocenters. The summed E-state index contributed by atoms with van der Waals surface area (Å²) in [7, 11) is 0. The zero-order chi connectivity index (χ0) is 11.7. The average Bonchev–Trinajstić information content (AvgIpc) is 2.71. The molecule has 0 amide bonds. The maximum absolute atomic E-state index is 11.6. The fourth-order valence-electron chi connectivity index (χ4n) is 1.95. The molecule has 1 saturated carbocycles. The first-order valence-corrected chi connectivity index (χ1v) is 5.88. The van der Waals surface area contributed by atoms with Crippen LogP contribution in [0.3, 0.4) is 0 Å². The summed E-state index contributed by atoms with van der Waals surface area (Å²) in [6, 6.07) is 5.59. The number of benzene rings is 1. The van der Waals surface area contributed by atoms with Gasteiger partial charge in [0.25, 0.3) is 0 Å². The molecule has 4 heteroatoms. The van der Waals surface area contributed by atoms with Crippen LogP contribution in [0.4, 0.5) is 0 Å². The molecule has 1 aromatic carbocycles. The van der Waals surface area contributed by atoms with Gasteiger partial charge in [-0.1, -0.05) is 12.5 Å². The Morgan fingerprint density at radius 1 is 1.29 bits per heavy atom. The Bertz CT molecular complexity index is 437. The molecule has 1 heterocycles. The molecule has 0 saturated heterocycles. The third kappa shape index (κ3) is 2.07. The maximum atomic E-state index is 11.6. The molecule has 0 unspecified atom stereocenters. The third-order valence-corrected chi connectivity index (χ3v) is 3.26. The van der Waals surface area contributed by atoms with Crippen LogP contribution in [0.2, 0.25) is 0 Å². The van der Waals surface area contributed by atoms with Gasteiger partial charge in [-0.15, -0.1) is 0 Å². The molecule has 1 aliphatic heterocycles. The summed E-state index contributed by atoms with van der Waals surface area (Å²) in [4.78, 5) is 11.6. The minimum Gasteiger partial charge on any atom is -0.461 e. The second kappa shape index (κ2) is 4.28. The molecule has 0 bridgehead atoms. The average molecular weight is 234 g/mol. The fourth-order valence-corrected chi connectivity index (χ4v) is 1.95. The van der Waals surface area contributed by atoms with E-state index in [4.69, 9.17) is 14.2 Å². The third-order valence-electron chi connectivity index (χ3n) is 3.26. The number of ether oxygens (including phenoxy) is 3. The molecular weight excluding hydrogens is 220 g/mol. The number of hydrogen-bond acceptors (Lipinski definition) is 4. The Morgan fingerprint density at radius 2 is 2.12 bits per heavy atom. The Hall–Kier alpha value is -1.71. The second-order valence-electron chi connectivity index (χ2n) is 4.42. The molecule has 1 fully saturated rings. The van der Waals surface area contributed by atoms with E-state index in [1.54, 1.807) is 0 Å².